The third kappa shape index (κ3) is 8.86. The molecule has 0 unspecified atom stereocenters. The Bertz CT molecular complexity index is 2150. The molecule has 0 spiro atoms. The lowest BCUT2D eigenvalue weighted by atomic mass is 9.88. The number of aromatic nitrogens is 2. The molecule has 58 heavy (non-hydrogen) atoms. The van der Waals surface area contributed by atoms with Gasteiger partial charge in [0, 0.05) is 19.3 Å². The molecule has 7 atom stereocenters. The molecule has 2 aromatic rings. The molecule has 15 nitrogen and oxygen atoms in total. The second-order valence-corrected chi connectivity index (χ2v) is 19.3. The number of rotatable bonds is 9. The fourth-order valence-corrected chi connectivity index (χ4v) is 9.11. The number of hydrogen-bond acceptors (Lipinski definition) is 10. The highest BCUT2D eigenvalue weighted by Gasteiger charge is 2.62. The second kappa shape index (κ2) is 15.9. The van der Waals surface area contributed by atoms with Crippen LogP contribution < -0.4 is 25.7 Å². The number of benzene rings is 1. The van der Waals surface area contributed by atoms with Gasteiger partial charge in [0.25, 0.3) is 17.4 Å². The van der Waals surface area contributed by atoms with Crippen molar-refractivity contribution in [1.82, 2.24) is 30.0 Å². The van der Waals surface area contributed by atoms with Gasteiger partial charge in [-0.25, -0.2) is 26.7 Å². The van der Waals surface area contributed by atoms with Crippen molar-refractivity contribution < 1.29 is 45.9 Å². The van der Waals surface area contributed by atoms with E-state index in [1.165, 1.54) is 9.58 Å². The first-order valence-corrected chi connectivity index (χ1v) is 21.5. The van der Waals surface area contributed by atoms with E-state index in [2.05, 4.69) is 20.5 Å². The van der Waals surface area contributed by atoms with Crippen LogP contribution in [0.3, 0.4) is 0 Å². The molecule has 1 aromatic carbocycles. The molecule has 318 valence electrons. The molecule has 3 fully saturated rings. The molecule has 2 aliphatic heterocycles. The van der Waals surface area contributed by atoms with E-state index in [1.54, 1.807) is 51.1 Å². The van der Waals surface area contributed by atoms with Crippen molar-refractivity contribution in [2.75, 3.05) is 6.54 Å². The minimum absolute atomic E-state index is 0.00599. The number of fused-ring (bicyclic) bond motifs is 3. The van der Waals surface area contributed by atoms with E-state index in [9.17, 15) is 41.2 Å². The number of alkyl halides is 2. The Hall–Kier alpha value is -4.61. The van der Waals surface area contributed by atoms with Gasteiger partial charge < -0.3 is 25.0 Å². The first-order valence-electron chi connectivity index (χ1n) is 20.0. The average Bonchev–Trinajstić information content (AvgIpc) is 4.06. The van der Waals surface area contributed by atoms with Crippen molar-refractivity contribution in [2.45, 2.75) is 140 Å². The number of amides is 4. The molecule has 4 amide bonds. The maximum Gasteiger partial charge on any atom is 0.408 e. The number of allylic oxidation sites excluding steroid dienone is 1. The fraction of sp³-hybridized carbons (Fsp3) is 0.650. The van der Waals surface area contributed by atoms with Gasteiger partial charge in [-0.3, -0.25) is 23.9 Å². The summed E-state index contributed by atoms with van der Waals surface area (Å²) in [4.78, 5) is 71.0. The van der Waals surface area contributed by atoms with Gasteiger partial charge >= 0.3 is 6.09 Å². The van der Waals surface area contributed by atoms with E-state index in [-0.39, 0.29) is 42.8 Å². The standard InChI is InChI=1S/C40H54F2N6O9S/c1-22(2)48-34(50)29-15-11-10-14-28(29)33(45-48)56-26-19-30-32(49)44-40(36(52)46-58(54,55)27-16-17-27)20-25(40)13-9-8-12-23(3)18-24(4)31(35(51)47(30)21-26)43-37(53)57-38(5,6)39(7,41)42/h9-11,13-15,22-27,30-31H,8,12,16-21H2,1-7H3,(H,43,53)(H,44,49)(H,46,52)/b13-9-/t23-,24+,25+,26+,30-,31-,40+/m0/s1. The summed E-state index contributed by atoms with van der Waals surface area (Å²) < 4.78 is 69.7. The van der Waals surface area contributed by atoms with Crippen LogP contribution in [0.25, 0.3) is 10.8 Å². The highest BCUT2D eigenvalue weighted by molar-refractivity contribution is 7.91. The Kier molecular flexibility index (Phi) is 11.8. The highest BCUT2D eigenvalue weighted by Crippen LogP contribution is 2.46. The molecule has 18 heteroatoms. The molecule has 6 rings (SSSR count). The Morgan fingerprint density at radius 2 is 1.71 bits per heavy atom. The lowest BCUT2D eigenvalue weighted by Crippen LogP contribution is -2.59. The van der Waals surface area contributed by atoms with Gasteiger partial charge in [0.05, 0.1) is 28.6 Å². The van der Waals surface area contributed by atoms with Gasteiger partial charge in [-0.2, -0.15) is 0 Å². The maximum atomic E-state index is 14.8. The number of sulfonamides is 1. The molecule has 0 radical (unpaired) electrons. The zero-order valence-corrected chi connectivity index (χ0v) is 34.7. The van der Waals surface area contributed by atoms with E-state index in [0.29, 0.717) is 49.8 Å². The second-order valence-electron chi connectivity index (χ2n) is 17.4. The van der Waals surface area contributed by atoms with E-state index in [4.69, 9.17) is 9.47 Å². The molecule has 3 N–H and O–H groups in total. The van der Waals surface area contributed by atoms with Crippen LogP contribution >= 0.6 is 0 Å². The lowest BCUT2D eigenvalue weighted by Gasteiger charge is -2.35. The van der Waals surface area contributed by atoms with Crippen molar-refractivity contribution in [3.8, 4) is 5.88 Å². The van der Waals surface area contributed by atoms with Crippen LogP contribution in [0.4, 0.5) is 13.6 Å². The van der Waals surface area contributed by atoms with Crippen LogP contribution in [-0.4, -0.2) is 94.0 Å². The molecule has 3 heterocycles. The summed E-state index contributed by atoms with van der Waals surface area (Å²) in [5.74, 6) is -6.79. The summed E-state index contributed by atoms with van der Waals surface area (Å²) in [7, 11) is -3.98. The SMILES string of the molecule is CC(C)n1nc(O[C@@H]2C[C@H]3C(=O)N[C@]4(C(=O)NS(=O)(=O)C5CC5)C[C@H]4/C=C\CC[C@H](C)C[C@@H](C)[C@H](NC(=O)OC(C)(C)C(C)(F)F)C(=O)N3C2)c2ccccc2c1=O. The van der Waals surface area contributed by atoms with Crippen molar-refractivity contribution >= 4 is 44.6 Å². The smallest absolute Gasteiger partial charge is 0.408 e. The van der Waals surface area contributed by atoms with Crippen LogP contribution in [0.5, 0.6) is 5.88 Å². The number of hydrogen-bond donors (Lipinski definition) is 3. The Labute approximate surface area is 336 Å². The Morgan fingerprint density at radius 1 is 1.03 bits per heavy atom. The third-order valence-corrected chi connectivity index (χ3v) is 13.7. The third-order valence-electron chi connectivity index (χ3n) is 11.9. The predicted octanol–water partition coefficient (Wildman–Crippen LogP) is 4.35. The van der Waals surface area contributed by atoms with Crippen molar-refractivity contribution in [3.63, 3.8) is 0 Å². The molecular weight excluding hydrogens is 779 g/mol. The number of carbonyl (C=O) groups is 4. The topological polar surface area (TPSA) is 195 Å². The van der Waals surface area contributed by atoms with Crippen LogP contribution in [0.1, 0.15) is 99.5 Å². The average molecular weight is 833 g/mol. The van der Waals surface area contributed by atoms with Crippen molar-refractivity contribution in [1.29, 1.82) is 0 Å². The first-order chi connectivity index (χ1) is 27.0. The summed E-state index contributed by atoms with van der Waals surface area (Å²) in [5, 5.41) is 9.90. The molecule has 2 aliphatic carbocycles. The fourth-order valence-electron chi connectivity index (χ4n) is 7.75. The molecule has 1 aromatic heterocycles. The van der Waals surface area contributed by atoms with Gasteiger partial charge in [-0.05, 0) is 90.2 Å². The minimum atomic E-state index is -3.98. The van der Waals surface area contributed by atoms with E-state index in [1.807, 2.05) is 13.0 Å². The molecule has 4 aliphatic rings. The van der Waals surface area contributed by atoms with Gasteiger partial charge in [0.2, 0.25) is 27.7 Å². The molecule has 2 saturated carbocycles. The van der Waals surface area contributed by atoms with Crippen molar-refractivity contribution in [3.05, 3.63) is 46.8 Å². The monoisotopic (exact) mass is 832 g/mol. The quantitative estimate of drug-likeness (QED) is 0.306. The number of nitrogens with one attached hydrogen (secondary N) is 3. The number of halogens is 2. The summed E-state index contributed by atoms with van der Waals surface area (Å²) in [6.07, 6.45) is 4.01. The van der Waals surface area contributed by atoms with Crippen LogP contribution in [0.2, 0.25) is 0 Å². The van der Waals surface area contributed by atoms with Gasteiger partial charge in [0.1, 0.15) is 23.7 Å². The normalized spacial score (nSPS) is 29.0. The van der Waals surface area contributed by atoms with E-state index in [0.717, 1.165) is 13.8 Å². The largest absolute Gasteiger partial charge is 0.471 e. The summed E-state index contributed by atoms with van der Waals surface area (Å²) in [6, 6.07) is 3.74. The summed E-state index contributed by atoms with van der Waals surface area (Å²) in [6.45, 7) is 9.81. The highest BCUT2D eigenvalue weighted by atomic mass is 32.2. The zero-order valence-electron chi connectivity index (χ0n) is 33.9. The number of carbonyl (C=O) groups excluding carboxylic acids is 4. The predicted molar refractivity (Wildman–Crippen MR) is 209 cm³/mol. The summed E-state index contributed by atoms with van der Waals surface area (Å²) in [5.41, 5.74) is -4.19. The number of alkyl carbamates (subject to hydrolysis) is 1. The van der Waals surface area contributed by atoms with Crippen molar-refractivity contribution in [2.24, 2.45) is 17.8 Å². The maximum absolute atomic E-state index is 14.8. The molecule has 1 saturated heterocycles. The van der Waals surface area contributed by atoms with Crippen LogP contribution in [-0.2, 0) is 29.1 Å². The van der Waals surface area contributed by atoms with E-state index >= 15 is 0 Å². The lowest BCUT2D eigenvalue weighted by molar-refractivity contribution is -0.152. The van der Waals surface area contributed by atoms with Gasteiger partial charge in [0.15, 0.2) is 5.60 Å². The van der Waals surface area contributed by atoms with E-state index < -0.39 is 86.2 Å². The Balaban J connectivity index is 1.38. The zero-order chi connectivity index (χ0) is 42.5. The van der Waals surface area contributed by atoms with Crippen LogP contribution in [0.15, 0.2) is 41.2 Å². The van der Waals surface area contributed by atoms with Gasteiger partial charge in [-0.1, -0.05) is 38.1 Å². The summed E-state index contributed by atoms with van der Waals surface area (Å²) >= 11 is 0. The van der Waals surface area contributed by atoms with Crippen LogP contribution in [0, 0.1) is 17.8 Å². The molecular formula is C40H54F2N6O9S. The number of ether oxygens (including phenoxy) is 2. The van der Waals surface area contributed by atoms with Gasteiger partial charge in [-0.15, -0.1) is 5.10 Å². The first kappa shape index (κ1) is 43.0. The Morgan fingerprint density at radius 3 is 2.34 bits per heavy atom. The number of nitrogens with zero attached hydrogens (tertiary/aromatic N) is 3. The minimum Gasteiger partial charge on any atom is -0.471 e. The molecule has 0 bridgehead atoms.